The molecule has 1 saturated heterocycles. The number of hydrogen-bond donors (Lipinski definition) is 2. The number of rotatable bonds is 3. The van der Waals surface area contributed by atoms with Crippen LogP contribution in [-0.2, 0) is 14.9 Å². The van der Waals surface area contributed by atoms with Gasteiger partial charge in [-0.25, -0.2) is 4.79 Å². The first kappa shape index (κ1) is 20.2. The third-order valence-corrected chi connectivity index (χ3v) is 5.62. The monoisotopic (exact) mass is 401 g/mol. The van der Waals surface area contributed by atoms with Gasteiger partial charge in [-0.3, -0.25) is 5.32 Å². The molecule has 3 aromatic carbocycles. The molecule has 0 bridgehead atoms. The van der Waals surface area contributed by atoms with E-state index in [1.54, 1.807) is 6.07 Å². The summed E-state index contributed by atoms with van der Waals surface area (Å²) in [7, 11) is 0. The number of nitrogens with one attached hydrogen (secondary N) is 1. The maximum Gasteiger partial charge on any atom is 0.328 e. The fraction of sp³-hybridized carbons (Fsp3) is 0.269. The van der Waals surface area contributed by atoms with E-state index in [2.05, 4.69) is 26.1 Å². The first-order valence-electron chi connectivity index (χ1n) is 10.2. The predicted octanol–water partition coefficient (Wildman–Crippen LogP) is 5.36. The molecular weight excluding hydrogens is 374 g/mol. The number of phenols is 1. The van der Waals surface area contributed by atoms with Crippen LogP contribution in [0.4, 0.5) is 0 Å². The van der Waals surface area contributed by atoms with Crippen LogP contribution in [0.5, 0.6) is 5.75 Å². The number of carbonyl (C=O) groups is 1. The number of esters is 1. The molecule has 0 spiro atoms. The first-order valence-corrected chi connectivity index (χ1v) is 10.2. The molecule has 4 nitrogen and oxygen atoms in total. The molecular formula is C26H27NO3. The zero-order valence-corrected chi connectivity index (χ0v) is 17.5. The lowest BCUT2D eigenvalue weighted by Crippen LogP contribution is -2.43. The molecule has 0 unspecified atom stereocenters. The molecule has 0 aliphatic carbocycles. The van der Waals surface area contributed by atoms with Crippen LogP contribution in [0.3, 0.4) is 0 Å². The summed E-state index contributed by atoms with van der Waals surface area (Å²) in [6.07, 6.45) is -0.453. The quantitative estimate of drug-likeness (QED) is 0.580. The van der Waals surface area contributed by atoms with Crippen LogP contribution in [0.2, 0.25) is 0 Å². The van der Waals surface area contributed by atoms with Crippen molar-refractivity contribution in [1.82, 2.24) is 5.32 Å². The lowest BCUT2D eigenvalue weighted by Gasteiger charge is -2.37. The van der Waals surface area contributed by atoms with Gasteiger partial charge >= 0.3 is 5.97 Å². The maximum atomic E-state index is 13.1. The zero-order chi connectivity index (χ0) is 21.3. The first-order chi connectivity index (χ1) is 14.3. The van der Waals surface area contributed by atoms with E-state index in [4.69, 9.17) is 4.74 Å². The molecule has 0 radical (unpaired) electrons. The van der Waals surface area contributed by atoms with E-state index >= 15 is 0 Å². The fourth-order valence-electron chi connectivity index (χ4n) is 3.90. The molecule has 4 rings (SSSR count). The summed E-state index contributed by atoms with van der Waals surface area (Å²) in [4.78, 5) is 13.1. The van der Waals surface area contributed by atoms with Gasteiger partial charge in [0.1, 0.15) is 17.9 Å². The van der Waals surface area contributed by atoms with Crippen LogP contribution in [-0.4, -0.2) is 11.1 Å². The zero-order valence-electron chi connectivity index (χ0n) is 17.5. The minimum absolute atomic E-state index is 0.0856. The van der Waals surface area contributed by atoms with Gasteiger partial charge in [-0.15, -0.1) is 0 Å². The van der Waals surface area contributed by atoms with Crippen LogP contribution >= 0.6 is 0 Å². The predicted molar refractivity (Wildman–Crippen MR) is 117 cm³/mol. The Morgan fingerprint density at radius 2 is 1.47 bits per heavy atom. The number of ether oxygens (including phenoxy) is 1. The van der Waals surface area contributed by atoms with Crippen LogP contribution in [0.25, 0.3) is 0 Å². The Labute approximate surface area is 177 Å². The van der Waals surface area contributed by atoms with Gasteiger partial charge in [0.2, 0.25) is 0 Å². The fourth-order valence-corrected chi connectivity index (χ4v) is 3.90. The minimum atomic E-state index is -0.752. The van der Waals surface area contributed by atoms with Crippen molar-refractivity contribution in [1.29, 1.82) is 0 Å². The molecule has 154 valence electrons. The van der Waals surface area contributed by atoms with Crippen LogP contribution in [0.15, 0.2) is 78.9 Å². The van der Waals surface area contributed by atoms with Crippen LogP contribution < -0.4 is 5.32 Å². The molecule has 3 atom stereocenters. The molecule has 1 heterocycles. The summed E-state index contributed by atoms with van der Waals surface area (Å²) in [5, 5.41) is 14.0. The molecule has 3 aromatic rings. The van der Waals surface area contributed by atoms with Crippen molar-refractivity contribution in [2.45, 2.75) is 44.4 Å². The highest BCUT2D eigenvalue weighted by Gasteiger charge is 2.40. The minimum Gasteiger partial charge on any atom is -0.508 e. The summed E-state index contributed by atoms with van der Waals surface area (Å²) in [6, 6.07) is 24.2. The van der Waals surface area contributed by atoms with Gasteiger partial charge in [0, 0.05) is 5.56 Å². The molecule has 0 amide bonds. The van der Waals surface area contributed by atoms with E-state index < -0.39 is 18.1 Å². The van der Waals surface area contributed by atoms with Crippen molar-refractivity contribution in [3.05, 3.63) is 101 Å². The average molecular weight is 402 g/mol. The van der Waals surface area contributed by atoms with Gasteiger partial charge in [0.15, 0.2) is 0 Å². The highest BCUT2D eigenvalue weighted by molar-refractivity contribution is 5.80. The highest BCUT2D eigenvalue weighted by atomic mass is 16.5. The summed E-state index contributed by atoms with van der Waals surface area (Å²) >= 11 is 0. The van der Waals surface area contributed by atoms with Gasteiger partial charge in [-0.05, 0) is 34.2 Å². The Morgan fingerprint density at radius 1 is 0.867 bits per heavy atom. The second kappa shape index (κ2) is 7.96. The second-order valence-corrected chi connectivity index (χ2v) is 8.78. The normalized spacial score (nSPS) is 21.8. The molecule has 30 heavy (non-hydrogen) atoms. The van der Waals surface area contributed by atoms with Crippen molar-refractivity contribution in [2.24, 2.45) is 0 Å². The molecule has 2 N–H and O–H groups in total. The van der Waals surface area contributed by atoms with E-state index in [1.807, 2.05) is 72.8 Å². The Kier molecular flexibility index (Phi) is 5.35. The molecule has 1 aliphatic rings. The van der Waals surface area contributed by atoms with Crippen molar-refractivity contribution >= 4 is 5.97 Å². The SMILES string of the molecule is CC(C)(C)c1ccc(O)c([C@@H]2N[C@H](c3ccccc3)[C@H](c3ccccc3)OC2=O)c1. The number of cyclic esters (lactones) is 1. The van der Waals surface area contributed by atoms with E-state index in [-0.39, 0.29) is 17.2 Å². The van der Waals surface area contributed by atoms with Crippen LogP contribution in [0.1, 0.15) is 61.2 Å². The Bertz CT molecular complexity index is 1030. The molecule has 1 aliphatic heterocycles. The van der Waals surface area contributed by atoms with Crippen molar-refractivity contribution in [3.63, 3.8) is 0 Å². The Balaban J connectivity index is 1.75. The second-order valence-electron chi connectivity index (χ2n) is 8.78. The summed E-state index contributed by atoms with van der Waals surface area (Å²) in [6.45, 7) is 6.32. The third-order valence-electron chi connectivity index (χ3n) is 5.62. The van der Waals surface area contributed by atoms with Crippen LogP contribution in [0, 0.1) is 0 Å². The number of morpholine rings is 1. The summed E-state index contributed by atoms with van der Waals surface area (Å²) in [5.74, 6) is -0.306. The average Bonchev–Trinajstić information content (AvgIpc) is 2.74. The van der Waals surface area contributed by atoms with Gasteiger partial charge in [-0.2, -0.15) is 0 Å². The number of benzene rings is 3. The number of carbonyl (C=O) groups excluding carboxylic acids is 1. The number of hydrogen-bond acceptors (Lipinski definition) is 4. The van der Waals surface area contributed by atoms with Gasteiger partial charge in [0.25, 0.3) is 0 Å². The van der Waals surface area contributed by atoms with Gasteiger partial charge in [-0.1, -0.05) is 87.5 Å². The summed E-state index contributed by atoms with van der Waals surface area (Å²) < 4.78 is 5.97. The van der Waals surface area contributed by atoms with E-state index in [1.165, 1.54) is 0 Å². The topological polar surface area (TPSA) is 58.6 Å². The Hall–Kier alpha value is -3.11. The highest BCUT2D eigenvalue weighted by Crippen LogP contribution is 2.41. The van der Waals surface area contributed by atoms with Crippen molar-refractivity contribution in [2.75, 3.05) is 0 Å². The third kappa shape index (κ3) is 3.96. The van der Waals surface area contributed by atoms with Crippen molar-refractivity contribution in [3.8, 4) is 5.75 Å². The number of aromatic hydroxyl groups is 1. The van der Waals surface area contributed by atoms with E-state index in [9.17, 15) is 9.90 Å². The lowest BCUT2D eigenvalue weighted by atomic mass is 9.84. The van der Waals surface area contributed by atoms with Gasteiger partial charge < -0.3 is 9.84 Å². The Morgan fingerprint density at radius 3 is 2.07 bits per heavy atom. The van der Waals surface area contributed by atoms with E-state index in [0.717, 1.165) is 16.7 Å². The lowest BCUT2D eigenvalue weighted by molar-refractivity contribution is -0.161. The maximum absolute atomic E-state index is 13.1. The largest absolute Gasteiger partial charge is 0.508 e. The molecule has 0 saturated carbocycles. The standard InChI is InChI=1S/C26H27NO3/c1-26(2,3)19-14-15-21(28)20(16-19)23-25(29)30-24(18-12-8-5-9-13-18)22(27-23)17-10-6-4-7-11-17/h4-16,22-24,27-28H,1-3H3/t22-,23+,24+/m1/s1. The molecule has 4 heteroatoms. The molecule has 1 fully saturated rings. The summed E-state index contributed by atoms with van der Waals surface area (Å²) in [5.41, 5.74) is 3.44. The van der Waals surface area contributed by atoms with Crippen molar-refractivity contribution < 1.29 is 14.6 Å². The van der Waals surface area contributed by atoms with E-state index in [0.29, 0.717) is 5.56 Å². The van der Waals surface area contributed by atoms with Gasteiger partial charge in [0.05, 0.1) is 6.04 Å². The molecule has 0 aromatic heterocycles. The number of phenolic OH excluding ortho intramolecular Hbond substituents is 1. The smallest absolute Gasteiger partial charge is 0.328 e.